The number of rotatable bonds is 7. The van der Waals surface area contributed by atoms with Crippen LogP contribution in [0.15, 0.2) is 82.2 Å². The van der Waals surface area contributed by atoms with E-state index in [0.717, 1.165) is 15.6 Å². The maximum atomic E-state index is 12.9. The van der Waals surface area contributed by atoms with Gasteiger partial charge in [0.1, 0.15) is 5.75 Å². The predicted octanol–water partition coefficient (Wildman–Crippen LogP) is 5.12. The van der Waals surface area contributed by atoms with Crippen LogP contribution in [-0.2, 0) is 16.4 Å². The number of phenolic OH excluding ortho intramolecular Hbond substituents is 1. The number of hydrogen-bond acceptors (Lipinski definition) is 3. The lowest BCUT2D eigenvalue weighted by molar-refractivity contribution is 0.452. The molecule has 3 aromatic carbocycles. The Hall–Kier alpha value is -2.15. The number of phenols is 1. The molecule has 3 aromatic rings. The highest BCUT2D eigenvalue weighted by Gasteiger charge is 2.23. The summed E-state index contributed by atoms with van der Waals surface area (Å²) in [4.78, 5) is 0.208. The second-order valence-corrected chi connectivity index (χ2v) is 9.24. The van der Waals surface area contributed by atoms with Crippen molar-refractivity contribution in [3.63, 3.8) is 0 Å². The van der Waals surface area contributed by atoms with Crippen LogP contribution in [0.5, 0.6) is 5.75 Å². The van der Waals surface area contributed by atoms with Gasteiger partial charge >= 0.3 is 0 Å². The van der Waals surface area contributed by atoms with Gasteiger partial charge in [0.2, 0.25) is 10.0 Å². The Morgan fingerprint density at radius 3 is 2.29 bits per heavy atom. The number of aromatic hydroxyl groups is 1. The van der Waals surface area contributed by atoms with E-state index < -0.39 is 16.1 Å². The molecule has 0 unspecified atom stereocenters. The Morgan fingerprint density at radius 2 is 1.61 bits per heavy atom. The summed E-state index contributed by atoms with van der Waals surface area (Å²) >= 11 is 3.53. The highest BCUT2D eigenvalue weighted by molar-refractivity contribution is 9.10. The van der Waals surface area contributed by atoms with Crippen LogP contribution < -0.4 is 4.72 Å². The van der Waals surface area contributed by atoms with Gasteiger partial charge in [-0.2, -0.15) is 0 Å². The lowest BCUT2D eigenvalue weighted by Gasteiger charge is -2.21. The number of sulfonamides is 1. The minimum absolute atomic E-state index is 0.0752. The molecule has 0 saturated carbocycles. The summed E-state index contributed by atoms with van der Waals surface area (Å²) < 4.78 is 29.6. The molecule has 0 radical (unpaired) electrons. The Balaban J connectivity index is 1.89. The fourth-order valence-electron chi connectivity index (χ4n) is 3.03. The fourth-order valence-corrected chi connectivity index (χ4v) is 4.77. The normalized spacial score (nSPS) is 12.6. The third kappa shape index (κ3) is 5.01. The van der Waals surface area contributed by atoms with E-state index >= 15 is 0 Å². The van der Waals surface area contributed by atoms with Gasteiger partial charge in [0.15, 0.2) is 0 Å². The molecule has 0 amide bonds. The van der Waals surface area contributed by atoms with Crippen molar-refractivity contribution < 1.29 is 13.5 Å². The van der Waals surface area contributed by atoms with Crippen molar-refractivity contribution in [3.8, 4) is 5.75 Å². The molecule has 0 bridgehead atoms. The first-order valence-corrected chi connectivity index (χ1v) is 11.2. The first-order chi connectivity index (χ1) is 13.4. The van der Waals surface area contributed by atoms with Crippen LogP contribution in [-0.4, -0.2) is 13.5 Å². The SMILES string of the molecule is Cc1ccc(S(=O)(=O)N[C@H](CCc2ccccc2Br)c2ccccc2O)cc1. The first-order valence-electron chi connectivity index (χ1n) is 8.97. The van der Waals surface area contributed by atoms with E-state index in [1.165, 1.54) is 0 Å². The number of para-hydroxylation sites is 1. The van der Waals surface area contributed by atoms with Crippen molar-refractivity contribution in [2.75, 3.05) is 0 Å². The van der Waals surface area contributed by atoms with E-state index in [0.29, 0.717) is 18.4 Å². The minimum atomic E-state index is -3.73. The predicted molar refractivity (Wildman–Crippen MR) is 115 cm³/mol. The van der Waals surface area contributed by atoms with Crippen molar-refractivity contribution in [3.05, 3.63) is 94.0 Å². The summed E-state index contributed by atoms with van der Waals surface area (Å²) in [5.74, 6) is 0.0752. The van der Waals surface area contributed by atoms with E-state index in [1.54, 1.807) is 48.5 Å². The van der Waals surface area contributed by atoms with Gasteiger partial charge in [-0.1, -0.05) is 70.0 Å². The zero-order valence-corrected chi connectivity index (χ0v) is 17.9. The quantitative estimate of drug-likeness (QED) is 0.515. The van der Waals surface area contributed by atoms with Crippen LogP contribution in [0.25, 0.3) is 0 Å². The fraction of sp³-hybridized carbons (Fsp3) is 0.182. The molecule has 6 heteroatoms. The second-order valence-electron chi connectivity index (χ2n) is 6.68. The first kappa shape index (κ1) is 20.6. The summed E-state index contributed by atoms with van der Waals surface area (Å²) in [5, 5.41) is 10.3. The number of aryl methyl sites for hydroxylation is 2. The van der Waals surface area contributed by atoms with Crippen LogP contribution in [0.2, 0.25) is 0 Å². The topological polar surface area (TPSA) is 66.4 Å². The van der Waals surface area contributed by atoms with Gasteiger partial charge in [-0.3, -0.25) is 0 Å². The molecule has 0 aliphatic carbocycles. The summed E-state index contributed by atoms with van der Waals surface area (Å²) in [6, 6.07) is 20.8. The number of benzene rings is 3. The Morgan fingerprint density at radius 1 is 0.964 bits per heavy atom. The lowest BCUT2D eigenvalue weighted by Crippen LogP contribution is -2.29. The van der Waals surface area contributed by atoms with Crippen molar-refractivity contribution in [1.29, 1.82) is 0 Å². The standard InChI is InChI=1S/C22H22BrNO3S/c1-16-10-13-18(14-11-16)28(26,27)24-21(19-7-3-5-9-22(19)25)15-12-17-6-2-4-8-20(17)23/h2-11,13-14,21,24-25H,12,15H2,1H3/t21-/m1/s1. The third-order valence-corrected chi connectivity index (χ3v) is 6.86. The van der Waals surface area contributed by atoms with Crippen molar-refractivity contribution in [2.24, 2.45) is 0 Å². The molecule has 146 valence electrons. The van der Waals surface area contributed by atoms with Crippen molar-refractivity contribution in [2.45, 2.75) is 30.7 Å². The van der Waals surface area contributed by atoms with Crippen molar-refractivity contribution >= 4 is 26.0 Å². The van der Waals surface area contributed by atoms with Crippen LogP contribution >= 0.6 is 15.9 Å². The van der Waals surface area contributed by atoms with E-state index in [1.807, 2.05) is 31.2 Å². The molecule has 4 nitrogen and oxygen atoms in total. The maximum absolute atomic E-state index is 12.9. The lowest BCUT2D eigenvalue weighted by atomic mass is 9.99. The molecule has 2 N–H and O–H groups in total. The van der Waals surface area contributed by atoms with Crippen LogP contribution in [0.3, 0.4) is 0 Å². The highest BCUT2D eigenvalue weighted by Crippen LogP contribution is 2.30. The van der Waals surface area contributed by atoms with Crippen LogP contribution in [0, 0.1) is 6.92 Å². The average molecular weight is 460 g/mol. The molecule has 3 rings (SSSR count). The van der Waals surface area contributed by atoms with Gasteiger partial charge in [0.05, 0.1) is 10.9 Å². The van der Waals surface area contributed by atoms with Gasteiger partial charge < -0.3 is 5.11 Å². The van der Waals surface area contributed by atoms with E-state index in [-0.39, 0.29) is 10.6 Å². The molecule has 0 spiro atoms. The molecular formula is C22H22BrNO3S. The zero-order valence-electron chi connectivity index (χ0n) is 15.5. The largest absolute Gasteiger partial charge is 0.508 e. The van der Waals surface area contributed by atoms with E-state index in [2.05, 4.69) is 20.7 Å². The molecule has 28 heavy (non-hydrogen) atoms. The number of halogens is 1. The van der Waals surface area contributed by atoms with Crippen molar-refractivity contribution in [1.82, 2.24) is 4.72 Å². The van der Waals surface area contributed by atoms with E-state index in [4.69, 9.17) is 0 Å². The molecule has 0 aromatic heterocycles. The number of hydrogen-bond donors (Lipinski definition) is 2. The van der Waals surface area contributed by atoms with Crippen LogP contribution in [0.4, 0.5) is 0 Å². The Labute approximate surface area is 174 Å². The van der Waals surface area contributed by atoms with Crippen LogP contribution in [0.1, 0.15) is 29.2 Å². The molecule has 1 atom stereocenters. The molecule has 0 fully saturated rings. The van der Waals surface area contributed by atoms with Gasteiger partial charge in [-0.25, -0.2) is 13.1 Å². The van der Waals surface area contributed by atoms with Gasteiger partial charge in [0.25, 0.3) is 0 Å². The van der Waals surface area contributed by atoms with Gasteiger partial charge in [0, 0.05) is 10.0 Å². The maximum Gasteiger partial charge on any atom is 0.241 e. The second kappa shape index (κ2) is 8.90. The Kier molecular flexibility index (Phi) is 6.54. The average Bonchev–Trinajstić information content (AvgIpc) is 2.67. The zero-order chi connectivity index (χ0) is 20.1. The summed E-state index contributed by atoms with van der Waals surface area (Å²) in [5.41, 5.74) is 2.63. The minimum Gasteiger partial charge on any atom is -0.508 e. The molecule has 0 heterocycles. The summed E-state index contributed by atoms with van der Waals surface area (Å²) in [6.45, 7) is 1.91. The van der Waals surface area contributed by atoms with Gasteiger partial charge in [-0.15, -0.1) is 0 Å². The third-order valence-electron chi connectivity index (χ3n) is 4.60. The summed E-state index contributed by atoms with van der Waals surface area (Å²) in [7, 11) is -3.73. The highest BCUT2D eigenvalue weighted by atomic mass is 79.9. The molecule has 0 aliphatic rings. The monoisotopic (exact) mass is 459 g/mol. The Bertz CT molecular complexity index is 1050. The number of nitrogens with one attached hydrogen (secondary N) is 1. The molecule has 0 aliphatic heterocycles. The van der Waals surface area contributed by atoms with Gasteiger partial charge in [-0.05, 0) is 49.6 Å². The van der Waals surface area contributed by atoms with E-state index in [9.17, 15) is 13.5 Å². The molecule has 0 saturated heterocycles. The summed E-state index contributed by atoms with van der Waals surface area (Å²) in [6.07, 6.45) is 1.15. The smallest absolute Gasteiger partial charge is 0.241 e. The molecular weight excluding hydrogens is 438 g/mol.